The van der Waals surface area contributed by atoms with Gasteiger partial charge in [0.1, 0.15) is 17.3 Å². The van der Waals surface area contributed by atoms with Crippen LogP contribution in [0.2, 0.25) is 0 Å². The summed E-state index contributed by atoms with van der Waals surface area (Å²) in [7, 11) is 0. The first-order valence-electron chi connectivity index (χ1n) is 12.7. The minimum atomic E-state index is -4.65. The lowest BCUT2D eigenvalue weighted by Gasteiger charge is -2.32. The Balaban J connectivity index is 1.49. The van der Waals surface area contributed by atoms with E-state index < -0.39 is 17.8 Å². The summed E-state index contributed by atoms with van der Waals surface area (Å²) < 4.78 is 50.3. The van der Waals surface area contributed by atoms with Crippen molar-refractivity contribution in [1.29, 1.82) is 0 Å². The third-order valence-electron chi connectivity index (χ3n) is 6.68. The average molecular weight is 543 g/mol. The topological polar surface area (TPSA) is 106 Å². The molecule has 39 heavy (non-hydrogen) atoms. The van der Waals surface area contributed by atoms with Crippen LogP contribution in [0.25, 0.3) is 11.1 Å². The van der Waals surface area contributed by atoms with Crippen molar-refractivity contribution >= 4 is 23.2 Å². The number of hydrogen-bond acceptors (Lipinski definition) is 8. The van der Waals surface area contributed by atoms with Crippen molar-refractivity contribution in [2.45, 2.75) is 12.7 Å². The van der Waals surface area contributed by atoms with Gasteiger partial charge in [-0.25, -0.2) is 4.98 Å². The van der Waals surface area contributed by atoms with E-state index in [9.17, 15) is 18.0 Å². The number of ether oxygens (including phenoxy) is 2. The van der Waals surface area contributed by atoms with Gasteiger partial charge in [-0.05, 0) is 53.1 Å². The summed E-state index contributed by atoms with van der Waals surface area (Å²) in [5.41, 5.74) is 7.75. The minimum Gasteiger partial charge on any atom is -0.378 e. The molecule has 3 N–H and O–H groups in total. The molecule has 2 aliphatic heterocycles. The number of amides is 1. The normalized spacial score (nSPS) is 16.3. The number of pyridine rings is 2. The molecule has 0 saturated carbocycles. The summed E-state index contributed by atoms with van der Waals surface area (Å²) in [6.07, 6.45) is -3.68. The second kappa shape index (κ2) is 11.6. The molecule has 0 spiro atoms. The lowest BCUT2D eigenvalue weighted by Crippen LogP contribution is -2.39. The summed E-state index contributed by atoms with van der Waals surface area (Å²) in [5, 5.41) is 2.71. The SMILES string of the molecule is NCc1ccc(NC(=O)c2ccnc(C(F)(F)F)c2)cc1-c1cc(N2CCOCC2)nc(N2CCOCC2)c1. The molecule has 0 bridgehead atoms. The van der Waals surface area contributed by atoms with E-state index in [0.717, 1.165) is 40.6 Å². The number of morpholine rings is 2. The van der Waals surface area contributed by atoms with Crippen molar-refractivity contribution in [3.05, 3.63) is 65.5 Å². The summed E-state index contributed by atoms with van der Waals surface area (Å²) in [4.78, 5) is 25.4. The molecular weight excluding hydrogens is 513 g/mol. The lowest BCUT2D eigenvalue weighted by atomic mass is 9.98. The number of carbonyl (C=O) groups is 1. The largest absolute Gasteiger partial charge is 0.433 e. The standard InChI is InChI=1S/C27H29F3N6O3/c28-27(29,30)23-13-18(3-4-32-23)26(37)33-21-2-1-19(17-31)22(16-21)20-14-24(35-5-9-38-10-6-35)34-25(15-20)36-7-11-39-12-8-36/h1-4,13-16H,5-12,17,31H2,(H,33,37). The third kappa shape index (κ3) is 6.29. The number of hydrogen-bond donors (Lipinski definition) is 2. The molecule has 9 nitrogen and oxygen atoms in total. The lowest BCUT2D eigenvalue weighted by molar-refractivity contribution is -0.141. The fraction of sp³-hybridized carbons (Fsp3) is 0.370. The fourth-order valence-electron chi connectivity index (χ4n) is 4.60. The van der Waals surface area contributed by atoms with E-state index in [1.165, 1.54) is 6.07 Å². The van der Waals surface area contributed by atoms with Crippen LogP contribution in [-0.4, -0.2) is 68.5 Å². The van der Waals surface area contributed by atoms with Crippen LogP contribution in [0.3, 0.4) is 0 Å². The number of nitrogens with one attached hydrogen (secondary N) is 1. The quantitative estimate of drug-likeness (QED) is 0.487. The van der Waals surface area contributed by atoms with Crippen molar-refractivity contribution in [3.8, 4) is 11.1 Å². The molecule has 2 aliphatic rings. The van der Waals surface area contributed by atoms with Gasteiger partial charge in [0.2, 0.25) is 0 Å². The molecule has 2 aromatic heterocycles. The van der Waals surface area contributed by atoms with Crippen molar-refractivity contribution in [1.82, 2.24) is 9.97 Å². The van der Waals surface area contributed by atoms with Gasteiger partial charge in [0.15, 0.2) is 0 Å². The number of rotatable bonds is 6. The zero-order chi connectivity index (χ0) is 27.4. The number of halogens is 3. The average Bonchev–Trinajstić information content (AvgIpc) is 2.97. The maximum atomic E-state index is 13.1. The third-order valence-corrected chi connectivity index (χ3v) is 6.68. The van der Waals surface area contributed by atoms with Crippen LogP contribution in [0.5, 0.6) is 0 Å². The molecule has 0 aliphatic carbocycles. The number of anilines is 3. The molecule has 206 valence electrons. The van der Waals surface area contributed by atoms with E-state index in [2.05, 4.69) is 20.1 Å². The molecular formula is C27H29F3N6O3. The van der Waals surface area contributed by atoms with Crippen LogP contribution in [0.4, 0.5) is 30.5 Å². The first-order chi connectivity index (χ1) is 18.8. The van der Waals surface area contributed by atoms with E-state index in [1.54, 1.807) is 12.1 Å². The molecule has 2 fully saturated rings. The van der Waals surface area contributed by atoms with E-state index in [0.29, 0.717) is 58.3 Å². The number of benzene rings is 1. The van der Waals surface area contributed by atoms with Crippen LogP contribution < -0.4 is 20.9 Å². The second-order valence-electron chi connectivity index (χ2n) is 9.23. The van der Waals surface area contributed by atoms with Crippen molar-refractivity contribution in [2.24, 2.45) is 5.73 Å². The van der Waals surface area contributed by atoms with Gasteiger partial charge < -0.3 is 30.3 Å². The number of nitrogens with two attached hydrogens (primary N) is 1. The Hall–Kier alpha value is -3.74. The first kappa shape index (κ1) is 26.9. The smallest absolute Gasteiger partial charge is 0.378 e. The van der Waals surface area contributed by atoms with Crippen LogP contribution in [-0.2, 0) is 22.2 Å². The Morgan fingerprint density at radius 2 is 1.54 bits per heavy atom. The van der Waals surface area contributed by atoms with Gasteiger partial charge in [-0.3, -0.25) is 9.78 Å². The van der Waals surface area contributed by atoms with Gasteiger partial charge >= 0.3 is 6.18 Å². The van der Waals surface area contributed by atoms with Gasteiger partial charge in [-0.2, -0.15) is 13.2 Å². The zero-order valence-corrected chi connectivity index (χ0v) is 21.2. The molecule has 4 heterocycles. The predicted octanol–water partition coefficient (Wildman–Crippen LogP) is 3.55. The van der Waals surface area contributed by atoms with E-state index in [1.807, 2.05) is 18.2 Å². The fourth-order valence-corrected chi connectivity index (χ4v) is 4.60. The van der Waals surface area contributed by atoms with E-state index >= 15 is 0 Å². The van der Waals surface area contributed by atoms with Crippen molar-refractivity contribution in [3.63, 3.8) is 0 Å². The van der Waals surface area contributed by atoms with E-state index in [4.69, 9.17) is 20.2 Å². The van der Waals surface area contributed by atoms with Crippen molar-refractivity contribution < 1.29 is 27.4 Å². The summed E-state index contributed by atoms with van der Waals surface area (Å²) >= 11 is 0. The molecule has 12 heteroatoms. The Morgan fingerprint density at radius 1 is 0.923 bits per heavy atom. The van der Waals surface area contributed by atoms with Gasteiger partial charge in [-0.15, -0.1) is 0 Å². The van der Waals surface area contributed by atoms with Crippen molar-refractivity contribution in [2.75, 3.05) is 67.7 Å². The number of aromatic nitrogens is 2. The summed E-state index contributed by atoms with van der Waals surface area (Å²) in [6.45, 7) is 5.55. The number of nitrogens with zero attached hydrogens (tertiary/aromatic N) is 4. The highest BCUT2D eigenvalue weighted by molar-refractivity contribution is 6.04. The highest BCUT2D eigenvalue weighted by atomic mass is 19.4. The minimum absolute atomic E-state index is 0.144. The highest BCUT2D eigenvalue weighted by Crippen LogP contribution is 2.33. The van der Waals surface area contributed by atoms with Gasteiger partial charge in [0.25, 0.3) is 5.91 Å². The molecule has 0 atom stereocenters. The number of carbonyl (C=O) groups excluding carboxylic acids is 1. The monoisotopic (exact) mass is 542 g/mol. The predicted molar refractivity (Wildman–Crippen MR) is 141 cm³/mol. The maximum Gasteiger partial charge on any atom is 0.433 e. The first-order valence-corrected chi connectivity index (χ1v) is 12.7. The molecule has 0 radical (unpaired) electrons. The maximum absolute atomic E-state index is 13.1. The summed E-state index contributed by atoms with van der Waals surface area (Å²) in [6, 6.07) is 11.2. The molecule has 3 aromatic rings. The van der Waals surface area contributed by atoms with E-state index in [-0.39, 0.29) is 12.1 Å². The molecule has 1 amide bonds. The molecule has 2 saturated heterocycles. The Labute approximate surface area is 223 Å². The molecule has 5 rings (SSSR count). The van der Waals surface area contributed by atoms with Crippen LogP contribution in [0.1, 0.15) is 21.6 Å². The van der Waals surface area contributed by atoms with Gasteiger partial charge in [0.05, 0.1) is 26.4 Å². The van der Waals surface area contributed by atoms with Gasteiger partial charge in [-0.1, -0.05) is 6.07 Å². The van der Waals surface area contributed by atoms with Crippen LogP contribution >= 0.6 is 0 Å². The zero-order valence-electron chi connectivity index (χ0n) is 21.2. The molecule has 1 aromatic carbocycles. The van der Waals surface area contributed by atoms with Crippen LogP contribution in [0, 0.1) is 0 Å². The Morgan fingerprint density at radius 3 is 2.10 bits per heavy atom. The van der Waals surface area contributed by atoms with Gasteiger partial charge in [0, 0.05) is 50.2 Å². The number of alkyl halides is 3. The Bertz CT molecular complexity index is 1290. The second-order valence-corrected chi connectivity index (χ2v) is 9.23. The highest BCUT2D eigenvalue weighted by Gasteiger charge is 2.33. The van der Waals surface area contributed by atoms with Crippen LogP contribution in [0.15, 0.2) is 48.7 Å². The summed E-state index contributed by atoms with van der Waals surface area (Å²) in [5.74, 6) is 0.949. The Kier molecular flexibility index (Phi) is 7.96. The molecule has 0 unspecified atom stereocenters.